The summed E-state index contributed by atoms with van der Waals surface area (Å²) in [5.41, 5.74) is 0. The van der Waals surface area contributed by atoms with Crippen LogP contribution in [0.25, 0.3) is 0 Å². The molecule has 0 aromatic rings. The van der Waals surface area contributed by atoms with Crippen LogP contribution in [-0.2, 0) is 4.79 Å². The van der Waals surface area contributed by atoms with Gasteiger partial charge in [-0.15, -0.1) is 0 Å². The third-order valence-electron chi connectivity index (χ3n) is 3.07. The standard InChI is InChI=1S/C14H27F3N2O2/c1-2-3-4-5-6-8-19(9-7-10-20)13(21)11-18-12-14(15,16)17/h18,20H,2-12H2,1H3. The van der Waals surface area contributed by atoms with Crippen molar-refractivity contribution in [2.75, 3.05) is 32.8 Å². The Morgan fingerprint density at radius 3 is 2.29 bits per heavy atom. The Hall–Kier alpha value is -0.820. The summed E-state index contributed by atoms with van der Waals surface area (Å²) in [5, 5.41) is 10.9. The fourth-order valence-electron chi connectivity index (χ4n) is 1.95. The Morgan fingerprint density at radius 2 is 1.71 bits per heavy atom. The number of halogens is 3. The number of aliphatic hydroxyl groups is 1. The molecule has 126 valence electrons. The number of alkyl halides is 3. The summed E-state index contributed by atoms with van der Waals surface area (Å²) in [6, 6.07) is 0. The molecule has 0 aromatic carbocycles. The van der Waals surface area contributed by atoms with Crippen LogP contribution in [0.4, 0.5) is 13.2 Å². The van der Waals surface area contributed by atoms with Crippen LogP contribution in [-0.4, -0.2) is 54.9 Å². The number of unbranched alkanes of at least 4 members (excludes halogenated alkanes) is 4. The van der Waals surface area contributed by atoms with Crippen LogP contribution in [0.15, 0.2) is 0 Å². The molecule has 0 rings (SSSR count). The summed E-state index contributed by atoms with van der Waals surface area (Å²) in [5.74, 6) is -0.344. The first-order valence-electron chi connectivity index (χ1n) is 7.56. The van der Waals surface area contributed by atoms with Crippen molar-refractivity contribution in [3.05, 3.63) is 0 Å². The van der Waals surface area contributed by atoms with E-state index < -0.39 is 12.7 Å². The smallest absolute Gasteiger partial charge is 0.396 e. The van der Waals surface area contributed by atoms with E-state index in [4.69, 9.17) is 5.11 Å². The molecule has 0 aliphatic carbocycles. The lowest BCUT2D eigenvalue weighted by atomic mass is 10.1. The minimum Gasteiger partial charge on any atom is -0.396 e. The molecule has 2 N–H and O–H groups in total. The van der Waals surface area contributed by atoms with E-state index in [9.17, 15) is 18.0 Å². The maximum atomic E-state index is 12.0. The molecule has 21 heavy (non-hydrogen) atoms. The van der Waals surface area contributed by atoms with E-state index in [1.54, 1.807) is 0 Å². The minimum atomic E-state index is -4.31. The van der Waals surface area contributed by atoms with Crippen LogP contribution >= 0.6 is 0 Å². The Kier molecular flexibility index (Phi) is 11.3. The fourth-order valence-corrected chi connectivity index (χ4v) is 1.95. The van der Waals surface area contributed by atoms with Gasteiger partial charge in [0.25, 0.3) is 0 Å². The zero-order valence-corrected chi connectivity index (χ0v) is 12.7. The molecule has 4 nitrogen and oxygen atoms in total. The van der Waals surface area contributed by atoms with Crippen molar-refractivity contribution in [1.82, 2.24) is 10.2 Å². The highest BCUT2D eigenvalue weighted by atomic mass is 19.4. The van der Waals surface area contributed by atoms with Crippen molar-refractivity contribution in [2.24, 2.45) is 0 Å². The summed E-state index contributed by atoms with van der Waals surface area (Å²) in [7, 11) is 0. The van der Waals surface area contributed by atoms with Gasteiger partial charge in [0.1, 0.15) is 0 Å². The van der Waals surface area contributed by atoms with Gasteiger partial charge in [0.2, 0.25) is 5.91 Å². The molecule has 0 heterocycles. The third-order valence-corrected chi connectivity index (χ3v) is 3.07. The van der Waals surface area contributed by atoms with Crippen molar-refractivity contribution in [3.8, 4) is 0 Å². The van der Waals surface area contributed by atoms with Gasteiger partial charge in [0.05, 0.1) is 13.1 Å². The molecule has 0 spiro atoms. The van der Waals surface area contributed by atoms with Gasteiger partial charge in [-0.1, -0.05) is 32.6 Å². The van der Waals surface area contributed by atoms with Gasteiger partial charge in [-0.05, 0) is 12.8 Å². The van der Waals surface area contributed by atoms with E-state index in [-0.39, 0.29) is 19.1 Å². The van der Waals surface area contributed by atoms with Crippen molar-refractivity contribution >= 4 is 5.91 Å². The van der Waals surface area contributed by atoms with Gasteiger partial charge >= 0.3 is 6.18 Å². The topological polar surface area (TPSA) is 52.6 Å². The van der Waals surface area contributed by atoms with Crippen LogP contribution in [0, 0.1) is 0 Å². The van der Waals surface area contributed by atoms with Crippen LogP contribution in [0.1, 0.15) is 45.4 Å². The van der Waals surface area contributed by atoms with E-state index >= 15 is 0 Å². The van der Waals surface area contributed by atoms with E-state index in [1.807, 2.05) is 0 Å². The quantitative estimate of drug-likeness (QED) is 0.544. The first-order valence-corrected chi connectivity index (χ1v) is 7.56. The Bertz CT molecular complexity index is 273. The lowest BCUT2D eigenvalue weighted by Gasteiger charge is -2.23. The zero-order chi connectivity index (χ0) is 16.1. The van der Waals surface area contributed by atoms with Gasteiger partial charge in [0.15, 0.2) is 0 Å². The van der Waals surface area contributed by atoms with Crippen LogP contribution in [0.2, 0.25) is 0 Å². The average molecular weight is 312 g/mol. The molecule has 0 unspecified atom stereocenters. The lowest BCUT2D eigenvalue weighted by molar-refractivity contribution is -0.134. The molecule has 0 aromatic heterocycles. The second-order valence-electron chi connectivity index (χ2n) is 5.09. The number of nitrogens with one attached hydrogen (secondary N) is 1. The van der Waals surface area contributed by atoms with Crippen LogP contribution < -0.4 is 5.32 Å². The predicted molar refractivity (Wildman–Crippen MR) is 76.0 cm³/mol. The van der Waals surface area contributed by atoms with Crippen molar-refractivity contribution in [2.45, 2.75) is 51.6 Å². The predicted octanol–water partition coefficient (Wildman–Crippen LogP) is 2.32. The van der Waals surface area contributed by atoms with Gasteiger partial charge < -0.3 is 15.3 Å². The molecule has 0 aliphatic heterocycles. The summed E-state index contributed by atoms with van der Waals surface area (Å²) < 4.78 is 36.0. The molecule has 0 saturated heterocycles. The first kappa shape index (κ1) is 20.2. The second kappa shape index (κ2) is 11.8. The number of carbonyl (C=O) groups excluding carboxylic acids is 1. The van der Waals surface area contributed by atoms with Crippen molar-refractivity contribution in [3.63, 3.8) is 0 Å². The van der Waals surface area contributed by atoms with Crippen LogP contribution in [0.3, 0.4) is 0 Å². The van der Waals surface area contributed by atoms with Gasteiger partial charge in [-0.2, -0.15) is 13.2 Å². The molecular formula is C14H27F3N2O2. The van der Waals surface area contributed by atoms with E-state index in [0.29, 0.717) is 19.5 Å². The molecule has 1 amide bonds. The van der Waals surface area contributed by atoms with E-state index in [1.165, 1.54) is 4.90 Å². The zero-order valence-electron chi connectivity index (χ0n) is 12.7. The lowest BCUT2D eigenvalue weighted by Crippen LogP contribution is -2.42. The number of amides is 1. The van der Waals surface area contributed by atoms with E-state index in [2.05, 4.69) is 12.2 Å². The van der Waals surface area contributed by atoms with Crippen molar-refractivity contribution in [1.29, 1.82) is 0 Å². The highest BCUT2D eigenvalue weighted by Gasteiger charge is 2.27. The Balaban J connectivity index is 4.04. The Labute approximate surface area is 124 Å². The number of nitrogens with zero attached hydrogens (tertiary/aromatic N) is 1. The summed E-state index contributed by atoms with van der Waals surface area (Å²) >= 11 is 0. The first-order chi connectivity index (χ1) is 9.90. The summed E-state index contributed by atoms with van der Waals surface area (Å²) in [6.45, 7) is 1.52. The number of rotatable bonds is 12. The largest absolute Gasteiger partial charge is 0.401 e. The SMILES string of the molecule is CCCCCCCN(CCCO)C(=O)CNCC(F)(F)F. The summed E-state index contributed by atoms with van der Waals surface area (Å²) in [6.07, 6.45) is 1.37. The molecule has 0 saturated carbocycles. The number of aliphatic hydroxyl groups excluding tert-OH is 1. The van der Waals surface area contributed by atoms with E-state index in [0.717, 1.165) is 32.1 Å². The minimum absolute atomic E-state index is 0.0321. The second-order valence-corrected chi connectivity index (χ2v) is 5.09. The molecule has 0 fully saturated rings. The number of hydrogen-bond donors (Lipinski definition) is 2. The van der Waals surface area contributed by atoms with Crippen molar-refractivity contribution < 1.29 is 23.1 Å². The van der Waals surface area contributed by atoms with Crippen LogP contribution in [0.5, 0.6) is 0 Å². The number of carbonyl (C=O) groups is 1. The maximum Gasteiger partial charge on any atom is 0.401 e. The monoisotopic (exact) mass is 312 g/mol. The highest BCUT2D eigenvalue weighted by molar-refractivity contribution is 5.78. The molecule has 0 radical (unpaired) electrons. The Morgan fingerprint density at radius 1 is 1.10 bits per heavy atom. The highest BCUT2D eigenvalue weighted by Crippen LogP contribution is 2.12. The molecule has 0 atom stereocenters. The van der Waals surface area contributed by atoms with Gasteiger partial charge in [-0.25, -0.2) is 0 Å². The average Bonchev–Trinajstić information content (AvgIpc) is 2.40. The number of hydrogen-bond acceptors (Lipinski definition) is 3. The molecular weight excluding hydrogens is 285 g/mol. The molecule has 0 bridgehead atoms. The van der Waals surface area contributed by atoms with Gasteiger partial charge in [0, 0.05) is 19.7 Å². The fraction of sp³-hybridized carbons (Fsp3) is 0.929. The van der Waals surface area contributed by atoms with Gasteiger partial charge in [-0.3, -0.25) is 4.79 Å². The molecule has 0 aliphatic rings. The third kappa shape index (κ3) is 12.6. The maximum absolute atomic E-state index is 12.0. The normalized spacial score (nSPS) is 11.7. The molecule has 7 heteroatoms. The summed E-state index contributed by atoms with van der Waals surface area (Å²) in [4.78, 5) is 13.4.